The van der Waals surface area contributed by atoms with Crippen LogP contribution in [0.1, 0.15) is 23.6 Å². The summed E-state index contributed by atoms with van der Waals surface area (Å²) in [5, 5.41) is 11.0. The highest BCUT2D eigenvalue weighted by atomic mass is 19.1. The molecule has 0 aliphatic heterocycles. The van der Waals surface area contributed by atoms with E-state index in [1.165, 1.54) is 17.7 Å². The van der Waals surface area contributed by atoms with Crippen LogP contribution in [0.3, 0.4) is 0 Å². The van der Waals surface area contributed by atoms with Crippen molar-refractivity contribution >= 4 is 5.96 Å². The third-order valence-corrected chi connectivity index (χ3v) is 4.26. The molecule has 28 heavy (non-hydrogen) atoms. The van der Waals surface area contributed by atoms with E-state index in [9.17, 15) is 4.39 Å². The third-order valence-electron chi connectivity index (χ3n) is 4.26. The van der Waals surface area contributed by atoms with Gasteiger partial charge in [-0.25, -0.2) is 9.38 Å². The number of nitrogens with one attached hydrogen (secondary N) is 2. The van der Waals surface area contributed by atoms with Crippen LogP contribution in [0.25, 0.3) is 0 Å². The second-order valence-corrected chi connectivity index (χ2v) is 6.53. The van der Waals surface area contributed by atoms with Gasteiger partial charge in [-0.2, -0.15) is 5.10 Å². The molecular formula is C22H26FN5. The van der Waals surface area contributed by atoms with E-state index in [-0.39, 0.29) is 5.82 Å². The molecule has 5 nitrogen and oxygen atoms in total. The largest absolute Gasteiger partial charge is 0.357 e. The van der Waals surface area contributed by atoms with Crippen molar-refractivity contribution in [3.63, 3.8) is 0 Å². The summed E-state index contributed by atoms with van der Waals surface area (Å²) in [6, 6.07) is 16.8. The zero-order valence-electron chi connectivity index (χ0n) is 16.1. The van der Waals surface area contributed by atoms with Gasteiger partial charge in [-0.1, -0.05) is 42.5 Å². The Kier molecular flexibility index (Phi) is 7.18. The molecule has 0 fully saturated rings. The Morgan fingerprint density at radius 1 is 1.00 bits per heavy atom. The first-order valence-electron chi connectivity index (χ1n) is 9.55. The van der Waals surface area contributed by atoms with Crippen LogP contribution in [0.2, 0.25) is 0 Å². The van der Waals surface area contributed by atoms with E-state index >= 15 is 0 Å². The summed E-state index contributed by atoms with van der Waals surface area (Å²) in [6.45, 7) is 4.86. The van der Waals surface area contributed by atoms with E-state index in [1.54, 1.807) is 0 Å². The minimum atomic E-state index is -0.209. The summed E-state index contributed by atoms with van der Waals surface area (Å²) in [7, 11) is 0. The zero-order chi connectivity index (χ0) is 19.6. The van der Waals surface area contributed by atoms with E-state index < -0.39 is 0 Å². The van der Waals surface area contributed by atoms with Gasteiger partial charge in [0.2, 0.25) is 0 Å². The quantitative estimate of drug-likeness (QED) is 0.466. The molecule has 146 valence electrons. The first kappa shape index (κ1) is 19.6. The molecule has 3 rings (SSSR count). The van der Waals surface area contributed by atoms with Gasteiger partial charge in [-0.05, 0) is 36.6 Å². The lowest BCUT2D eigenvalue weighted by molar-refractivity contribution is 0.626. The summed E-state index contributed by atoms with van der Waals surface area (Å²) < 4.78 is 14.9. The van der Waals surface area contributed by atoms with Crippen molar-refractivity contribution in [3.05, 3.63) is 89.5 Å². The van der Waals surface area contributed by atoms with Crippen LogP contribution in [0, 0.1) is 5.82 Å². The Hall–Kier alpha value is -3.15. The fraction of sp³-hybridized carbons (Fsp3) is 0.273. The molecular weight excluding hydrogens is 353 g/mol. The molecule has 0 bridgehead atoms. The number of hydrogen-bond donors (Lipinski definition) is 2. The highest BCUT2D eigenvalue weighted by molar-refractivity contribution is 5.79. The maximum atomic E-state index is 13.0. The van der Waals surface area contributed by atoms with Crippen molar-refractivity contribution < 1.29 is 4.39 Å². The predicted molar refractivity (Wildman–Crippen MR) is 111 cm³/mol. The van der Waals surface area contributed by atoms with Gasteiger partial charge in [0.1, 0.15) is 5.82 Å². The molecule has 0 radical (unpaired) electrons. The maximum Gasteiger partial charge on any atom is 0.191 e. The molecule has 0 aliphatic carbocycles. The third kappa shape index (κ3) is 6.23. The monoisotopic (exact) mass is 379 g/mol. The normalized spacial score (nSPS) is 11.4. The molecule has 3 aromatic rings. The summed E-state index contributed by atoms with van der Waals surface area (Å²) in [5.41, 5.74) is 3.37. The number of rotatable bonds is 8. The van der Waals surface area contributed by atoms with Crippen molar-refractivity contribution in [2.24, 2.45) is 4.99 Å². The van der Waals surface area contributed by atoms with Crippen LogP contribution in [0.5, 0.6) is 0 Å². The summed E-state index contributed by atoms with van der Waals surface area (Å²) in [6.07, 6.45) is 4.69. The number of guanidine groups is 1. The second kappa shape index (κ2) is 10.3. The molecule has 6 heteroatoms. The standard InChI is InChI=1S/C22H26FN5/c1-2-24-22(25-13-12-18-8-10-21(23)11-9-18)26-14-20-15-27-28(17-20)16-19-6-4-3-5-7-19/h3-11,15,17H,2,12-14,16H2,1H3,(H2,24,25,26). The Balaban J connectivity index is 1.51. The summed E-state index contributed by atoms with van der Waals surface area (Å²) >= 11 is 0. The van der Waals surface area contributed by atoms with Crippen LogP contribution in [-0.2, 0) is 19.5 Å². The molecule has 0 unspecified atom stereocenters. The number of nitrogens with zero attached hydrogens (tertiary/aromatic N) is 3. The average molecular weight is 379 g/mol. The van der Waals surface area contributed by atoms with E-state index in [0.717, 1.165) is 43.1 Å². The Morgan fingerprint density at radius 2 is 1.79 bits per heavy atom. The molecule has 1 aromatic heterocycles. The molecule has 0 saturated heterocycles. The number of aromatic nitrogens is 2. The lowest BCUT2D eigenvalue weighted by atomic mass is 10.1. The predicted octanol–water partition coefficient (Wildman–Crippen LogP) is 3.37. The zero-order valence-corrected chi connectivity index (χ0v) is 16.1. The fourth-order valence-corrected chi connectivity index (χ4v) is 2.83. The van der Waals surface area contributed by atoms with E-state index in [2.05, 4.69) is 32.9 Å². The highest BCUT2D eigenvalue weighted by Crippen LogP contribution is 2.05. The smallest absolute Gasteiger partial charge is 0.191 e. The van der Waals surface area contributed by atoms with Gasteiger partial charge >= 0.3 is 0 Å². The van der Waals surface area contributed by atoms with E-state index in [0.29, 0.717) is 6.54 Å². The maximum absolute atomic E-state index is 13.0. The summed E-state index contributed by atoms with van der Waals surface area (Å²) in [4.78, 5) is 4.63. The van der Waals surface area contributed by atoms with Crippen molar-refractivity contribution in [1.82, 2.24) is 20.4 Å². The molecule has 0 saturated carbocycles. The van der Waals surface area contributed by atoms with Gasteiger partial charge in [-0.3, -0.25) is 4.68 Å². The van der Waals surface area contributed by atoms with Gasteiger partial charge in [0.25, 0.3) is 0 Å². The number of halogens is 1. The van der Waals surface area contributed by atoms with Crippen molar-refractivity contribution in [3.8, 4) is 0 Å². The molecule has 1 heterocycles. The van der Waals surface area contributed by atoms with Crippen LogP contribution < -0.4 is 10.6 Å². The average Bonchev–Trinajstić information content (AvgIpc) is 3.16. The fourth-order valence-electron chi connectivity index (χ4n) is 2.83. The van der Waals surface area contributed by atoms with Crippen molar-refractivity contribution in [2.75, 3.05) is 13.1 Å². The van der Waals surface area contributed by atoms with Crippen LogP contribution in [0.15, 0.2) is 72.0 Å². The van der Waals surface area contributed by atoms with Crippen LogP contribution in [0.4, 0.5) is 4.39 Å². The van der Waals surface area contributed by atoms with Gasteiger partial charge in [0.05, 0.1) is 19.3 Å². The van der Waals surface area contributed by atoms with Gasteiger partial charge in [-0.15, -0.1) is 0 Å². The van der Waals surface area contributed by atoms with Crippen LogP contribution >= 0.6 is 0 Å². The van der Waals surface area contributed by atoms with Crippen molar-refractivity contribution in [2.45, 2.75) is 26.4 Å². The van der Waals surface area contributed by atoms with Gasteiger partial charge in [0, 0.05) is 24.8 Å². The first-order valence-corrected chi connectivity index (χ1v) is 9.55. The summed E-state index contributed by atoms with van der Waals surface area (Å²) in [5.74, 6) is 0.555. The number of hydrogen-bond acceptors (Lipinski definition) is 2. The molecule has 0 atom stereocenters. The van der Waals surface area contributed by atoms with Crippen LogP contribution in [-0.4, -0.2) is 28.8 Å². The SMILES string of the molecule is CCNC(=NCc1cnn(Cc2ccccc2)c1)NCCc1ccc(F)cc1. The topological polar surface area (TPSA) is 54.2 Å². The molecule has 2 aromatic carbocycles. The minimum absolute atomic E-state index is 0.209. The molecule has 0 amide bonds. The van der Waals surface area contributed by atoms with Gasteiger partial charge in [0.15, 0.2) is 5.96 Å². The Morgan fingerprint density at radius 3 is 2.54 bits per heavy atom. The second-order valence-electron chi connectivity index (χ2n) is 6.53. The Bertz CT molecular complexity index is 871. The highest BCUT2D eigenvalue weighted by Gasteiger charge is 2.02. The number of aliphatic imine (C=N–C) groups is 1. The van der Waals surface area contributed by atoms with E-state index in [4.69, 9.17) is 0 Å². The van der Waals surface area contributed by atoms with Crippen molar-refractivity contribution in [1.29, 1.82) is 0 Å². The lowest BCUT2D eigenvalue weighted by Gasteiger charge is -2.11. The number of benzene rings is 2. The Labute approximate surface area is 165 Å². The lowest BCUT2D eigenvalue weighted by Crippen LogP contribution is -2.38. The minimum Gasteiger partial charge on any atom is -0.357 e. The first-order chi connectivity index (χ1) is 13.7. The molecule has 2 N–H and O–H groups in total. The molecule has 0 aliphatic rings. The van der Waals surface area contributed by atoms with E-state index in [1.807, 2.05) is 54.3 Å². The molecule has 0 spiro atoms. The van der Waals surface area contributed by atoms with Gasteiger partial charge < -0.3 is 10.6 Å².